The van der Waals surface area contributed by atoms with E-state index < -0.39 is 0 Å². The third-order valence-corrected chi connectivity index (χ3v) is 4.48. The SMILES string of the molecule is COc1ccc(CCNC(=O)CSc2nc3ncccc3o2)cc1OC. The van der Waals surface area contributed by atoms with Gasteiger partial charge in [0.25, 0.3) is 5.22 Å². The Bertz CT molecular complexity index is 864. The van der Waals surface area contributed by atoms with Gasteiger partial charge in [0.05, 0.1) is 20.0 Å². The smallest absolute Gasteiger partial charge is 0.258 e. The van der Waals surface area contributed by atoms with Crippen LogP contribution < -0.4 is 14.8 Å². The maximum absolute atomic E-state index is 12.0. The van der Waals surface area contributed by atoms with E-state index in [1.165, 1.54) is 11.8 Å². The lowest BCUT2D eigenvalue weighted by atomic mass is 10.1. The number of rotatable bonds is 8. The summed E-state index contributed by atoms with van der Waals surface area (Å²) in [7, 11) is 3.20. The van der Waals surface area contributed by atoms with Gasteiger partial charge >= 0.3 is 0 Å². The second kappa shape index (κ2) is 8.57. The Morgan fingerprint density at radius 1 is 1.23 bits per heavy atom. The van der Waals surface area contributed by atoms with Gasteiger partial charge in [-0.25, -0.2) is 4.98 Å². The topological polar surface area (TPSA) is 86.5 Å². The van der Waals surface area contributed by atoms with E-state index in [9.17, 15) is 4.79 Å². The van der Waals surface area contributed by atoms with Gasteiger partial charge in [0.2, 0.25) is 5.91 Å². The molecule has 0 atom stereocenters. The number of fused-ring (bicyclic) bond motifs is 1. The van der Waals surface area contributed by atoms with Crippen LogP contribution in [0.1, 0.15) is 5.56 Å². The minimum absolute atomic E-state index is 0.0781. The van der Waals surface area contributed by atoms with Gasteiger partial charge in [-0.3, -0.25) is 4.79 Å². The highest BCUT2D eigenvalue weighted by Gasteiger charge is 2.10. The lowest BCUT2D eigenvalue weighted by Gasteiger charge is -2.10. The van der Waals surface area contributed by atoms with Gasteiger partial charge in [-0.05, 0) is 36.2 Å². The number of hydrogen-bond donors (Lipinski definition) is 1. The van der Waals surface area contributed by atoms with Crippen molar-refractivity contribution in [3.8, 4) is 11.5 Å². The van der Waals surface area contributed by atoms with Gasteiger partial charge in [0.15, 0.2) is 22.7 Å². The van der Waals surface area contributed by atoms with Gasteiger partial charge in [0, 0.05) is 12.7 Å². The predicted octanol–water partition coefficient (Wildman–Crippen LogP) is 2.69. The van der Waals surface area contributed by atoms with Crippen LogP contribution in [0.5, 0.6) is 11.5 Å². The lowest BCUT2D eigenvalue weighted by Crippen LogP contribution is -2.27. The monoisotopic (exact) mass is 373 g/mol. The van der Waals surface area contributed by atoms with Crippen LogP contribution in [0.25, 0.3) is 11.2 Å². The van der Waals surface area contributed by atoms with Crippen LogP contribution in [0.2, 0.25) is 0 Å². The highest BCUT2D eigenvalue weighted by Crippen LogP contribution is 2.27. The molecule has 0 bridgehead atoms. The molecule has 3 aromatic rings. The number of thioether (sulfide) groups is 1. The van der Waals surface area contributed by atoms with Crippen LogP contribution in [0.3, 0.4) is 0 Å². The van der Waals surface area contributed by atoms with E-state index in [0.717, 1.165) is 5.56 Å². The van der Waals surface area contributed by atoms with Crippen molar-refractivity contribution in [1.29, 1.82) is 0 Å². The Labute approximate surface area is 155 Å². The summed E-state index contributed by atoms with van der Waals surface area (Å²) in [5.74, 6) is 1.52. The summed E-state index contributed by atoms with van der Waals surface area (Å²) >= 11 is 1.25. The predicted molar refractivity (Wildman–Crippen MR) is 98.8 cm³/mol. The number of benzene rings is 1. The molecule has 26 heavy (non-hydrogen) atoms. The van der Waals surface area contributed by atoms with Crippen LogP contribution in [0, 0.1) is 0 Å². The Morgan fingerprint density at radius 2 is 2.08 bits per heavy atom. The van der Waals surface area contributed by atoms with Gasteiger partial charge < -0.3 is 19.2 Å². The molecule has 1 aromatic carbocycles. The normalized spacial score (nSPS) is 10.7. The van der Waals surface area contributed by atoms with Gasteiger partial charge in [-0.15, -0.1) is 0 Å². The number of amides is 1. The van der Waals surface area contributed by atoms with E-state index in [1.54, 1.807) is 32.5 Å². The molecule has 7 nitrogen and oxygen atoms in total. The van der Waals surface area contributed by atoms with E-state index in [4.69, 9.17) is 13.9 Å². The number of ether oxygens (including phenoxy) is 2. The molecular formula is C18H19N3O4S. The number of hydrogen-bond acceptors (Lipinski definition) is 7. The van der Waals surface area contributed by atoms with Crippen molar-refractivity contribution >= 4 is 28.9 Å². The number of pyridine rings is 1. The number of oxazole rings is 1. The molecule has 0 unspecified atom stereocenters. The van der Waals surface area contributed by atoms with E-state index >= 15 is 0 Å². The summed E-state index contributed by atoms with van der Waals surface area (Å²) in [6.45, 7) is 0.532. The fraction of sp³-hybridized carbons (Fsp3) is 0.278. The quantitative estimate of drug-likeness (QED) is 0.608. The second-order valence-electron chi connectivity index (χ2n) is 5.38. The highest BCUT2D eigenvalue weighted by atomic mass is 32.2. The second-order valence-corrected chi connectivity index (χ2v) is 6.31. The molecule has 3 rings (SSSR count). The van der Waals surface area contributed by atoms with Crippen molar-refractivity contribution in [1.82, 2.24) is 15.3 Å². The van der Waals surface area contributed by atoms with Gasteiger partial charge in [-0.1, -0.05) is 17.8 Å². The standard InChI is InChI=1S/C18H19N3O4S/c1-23-13-6-5-12(10-15(13)24-2)7-9-19-16(22)11-26-18-21-17-14(25-18)4-3-8-20-17/h3-6,8,10H,7,9,11H2,1-2H3,(H,19,22). The Hall–Kier alpha value is -2.74. The van der Waals surface area contributed by atoms with Crippen LogP contribution in [0.15, 0.2) is 46.2 Å². The number of nitrogens with one attached hydrogen (secondary N) is 1. The Kier molecular flexibility index (Phi) is 5.96. The fourth-order valence-electron chi connectivity index (χ4n) is 2.37. The van der Waals surface area contributed by atoms with Crippen molar-refractivity contribution in [2.45, 2.75) is 11.6 Å². The van der Waals surface area contributed by atoms with E-state index in [0.29, 0.717) is 40.9 Å². The molecule has 0 aliphatic heterocycles. The third kappa shape index (κ3) is 4.45. The maximum atomic E-state index is 12.0. The van der Waals surface area contributed by atoms with Crippen LogP contribution in [0.4, 0.5) is 0 Å². The first kappa shape index (κ1) is 18.1. The van der Waals surface area contributed by atoms with E-state index in [1.807, 2.05) is 18.2 Å². The van der Waals surface area contributed by atoms with Crippen molar-refractivity contribution < 1.29 is 18.7 Å². The molecule has 1 N–H and O–H groups in total. The van der Waals surface area contributed by atoms with Crippen molar-refractivity contribution in [3.63, 3.8) is 0 Å². The zero-order valence-electron chi connectivity index (χ0n) is 14.5. The molecular weight excluding hydrogens is 354 g/mol. The molecule has 0 fully saturated rings. The molecule has 0 radical (unpaired) electrons. The fourth-order valence-corrected chi connectivity index (χ4v) is 3.03. The third-order valence-electron chi connectivity index (χ3n) is 3.66. The molecule has 0 aliphatic carbocycles. The Balaban J connectivity index is 1.45. The molecule has 1 amide bonds. The van der Waals surface area contributed by atoms with Gasteiger partial charge in [-0.2, -0.15) is 4.98 Å². The minimum Gasteiger partial charge on any atom is -0.493 e. The number of aromatic nitrogens is 2. The first-order valence-electron chi connectivity index (χ1n) is 8.01. The molecule has 2 heterocycles. The summed E-state index contributed by atoms with van der Waals surface area (Å²) < 4.78 is 16.0. The average molecular weight is 373 g/mol. The number of carbonyl (C=O) groups excluding carboxylic acids is 1. The Morgan fingerprint density at radius 3 is 2.85 bits per heavy atom. The lowest BCUT2D eigenvalue weighted by molar-refractivity contribution is -0.118. The van der Waals surface area contributed by atoms with Crippen molar-refractivity contribution in [2.24, 2.45) is 0 Å². The first-order chi connectivity index (χ1) is 12.7. The average Bonchev–Trinajstić information content (AvgIpc) is 3.09. The van der Waals surface area contributed by atoms with Crippen molar-refractivity contribution in [2.75, 3.05) is 26.5 Å². The van der Waals surface area contributed by atoms with E-state index in [-0.39, 0.29) is 11.7 Å². The molecule has 0 aliphatic rings. The zero-order chi connectivity index (χ0) is 18.4. The zero-order valence-corrected chi connectivity index (χ0v) is 15.3. The molecule has 0 saturated carbocycles. The summed E-state index contributed by atoms with van der Waals surface area (Å²) in [6, 6.07) is 9.29. The van der Waals surface area contributed by atoms with Crippen LogP contribution in [-0.4, -0.2) is 42.4 Å². The summed E-state index contributed by atoms with van der Waals surface area (Å²) in [5.41, 5.74) is 2.22. The number of carbonyl (C=O) groups is 1. The number of methoxy groups -OCH3 is 2. The summed E-state index contributed by atoms with van der Waals surface area (Å²) in [4.78, 5) is 20.3. The molecule has 136 valence electrons. The van der Waals surface area contributed by atoms with E-state index in [2.05, 4.69) is 15.3 Å². The molecule has 0 spiro atoms. The van der Waals surface area contributed by atoms with Crippen molar-refractivity contribution in [3.05, 3.63) is 42.1 Å². The summed E-state index contributed by atoms with van der Waals surface area (Å²) in [5, 5.41) is 3.32. The number of nitrogens with zero attached hydrogens (tertiary/aromatic N) is 2. The first-order valence-corrected chi connectivity index (χ1v) is 9.00. The van der Waals surface area contributed by atoms with Crippen LogP contribution in [-0.2, 0) is 11.2 Å². The molecule has 8 heteroatoms. The highest BCUT2D eigenvalue weighted by molar-refractivity contribution is 7.99. The largest absolute Gasteiger partial charge is 0.493 e. The molecule has 0 saturated heterocycles. The van der Waals surface area contributed by atoms with Crippen LogP contribution >= 0.6 is 11.8 Å². The maximum Gasteiger partial charge on any atom is 0.258 e. The minimum atomic E-state index is -0.0781. The van der Waals surface area contributed by atoms with Gasteiger partial charge in [0.1, 0.15) is 0 Å². The molecule has 2 aromatic heterocycles. The summed E-state index contributed by atoms with van der Waals surface area (Å²) in [6.07, 6.45) is 2.35.